The first-order chi connectivity index (χ1) is 13.8. The fourth-order valence-electron chi connectivity index (χ4n) is 3.54. The summed E-state index contributed by atoms with van der Waals surface area (Å²) in [5.41, 5.74) is 2.63. The lowest BCUT2D eigenvalue weighted by atomic mass is 9.87. The molecule has 2 aromatic heterocycles. The second-order valence-electron chi connectivity index (χ2n) is 8.18. The maximum absolute atomic E-state index is 12.1. The van der Waals surface area contributed by atoms with Crippen LogP contribution in [-0.4, -0.2) is 31.9 Å². The van der Waals surface area contributed by atoms with Gasteiger partial charge in [0.05, 0.1) is 12.2 Å². The molecule has 1 atom stereocenters. The first-order valence-corrected chi connectivity index (χ1v) is 9.61. The Morgan fingerprint density at radius 3 is 2.93 bits per heavy atom. The summed E-state index contributed by atoms with van der Waals surface area (Å²) in [6.07, 6.45) is 3.80. The number of hydrogen-bond donors (Lipinski definition) is 4. The Hall–Kier alpha value is -3.36. The molecule has 1 aromatic carbocycles. The van der Waals surface area contributed by atoms with Crippen molar-refractivity contribution < 1.29 is 9.53 Å². The number of anilines is 2. The van der Waals surface area contributed by atoms with Gasteiger partial charge in [0, 0.05) is 5.69 Å². The average molecular weight is 396 g/mol. The van der Waals surface area contributed by atoms with E-state index < -0.39 is 11.7 Å². The second-order valence-corrected chi connectivity index (χ2v) is 8.18. The first kappa shape index (κ1) is 19.0. The van der Waals surface area contributed by atoms with Crippen LogP contribution in [0, 0.1) is 0 Å². The van der Waals surface area contributed by atoms with Crippen molar-refractivity contribution in [2.75, 3.05) is 10.6 Å². The number of hydrogen-bond acceptors (Lipinski definition) is 6. The van der Waals surface area contributed by atoms with E-state index in [0.29, 0.717) is 22.7 Å². The minimum absolute atomic E-state index is 0.0119. The normalized spacial score (nSPS) is 16.3. The van der Waals surface area contributed by atoms with Gasteiger partial charge in [-0.3, -0.25) is 20.2 Å². The molecule has 9 heteroatoms. The van der Waals surface area contributed by atoms with Crippen LogP contribution in [0.1, 0.15) is 50.8 Å². The molecule has 0 saturated carbocycles. The third-order valence-electron chi connectivity index (χ3n) is 4.73. The van der Waals surface area contributed by atoms with Crippen molar-refractivity contribution in [1.29, 1.82) is 0 Å². The molecule has 9 nitrogen and oxygen atoms in total. The van der Waals surface area contributed by atoms with Crippen LogP contribution in [0.15, 0.2) is 29.2 Å². The van der Waals surface area contributed by atoms with Crippen molar-refractivity contribution >= 4 is 28.8 Å². The van der Waals surface area contributed by atoms with Crippen LogP contribution in [0.4, 0.5) is 16.4 Å². The van der Waals surface area contributed by atoms with Gasteiger partial charge in [0.1, 0.15) is 11.0 Å². The minimum atomic E-state index is -0.549. The molecule has 4 rings (SSSR count). The Morgan fingerprint density at radius 1 is 1.31 bits per heavy atom. The van der Waals surface area contributed by atoms with Gasteiger partial charge in [-0.2, -0.15) is 10.1 Å². The summed E-state index contributed by atoms with van der Waals surface area (Å²) >= 11 is 0. The number of carbonyl (C=O) groups excluding carboxylic acids is 1. The molecular weight excluding hydrogens is 372 g/mol. The zero-order valence-electron chi connectivity index (χ0n) is 16.6. The van der Waals surface area contributed by atoms with Gasteiger partial charge < -0.3 is 10.1 Å². The highest BCUT2D eigenvalue weighted by atomic mass is 16.6. The van der Waals surface area contributed by atoms with Crippen LogP contribution in [0.5, 0.6) is 0 Å². The molecule has 0 spiro atoms. The van der Waals surface area contributed by atoms with Crippen molar-refractivity contribution in [1.82, 2.24) is 20.2 Å². The molecule has 0 radical (unpaired) electrons. The number of aromatic nitrogens is 4. The predicted octanol–water partition coefficient (Wildman–Crippen LogP) is 3.48. The molecule has 1 aliphatic carbocycles. The summed E-state index contributed by atoms with van der Waals surface area (Å²) < 4.78 is 5.31. The fourth-order valence-corrected chi connectivity index (χ4v) is 3.54. The lowest BCUT2D eigenvalue weighted by Gasteiger charge is -2.27. The number of carbonyl (C=O) groups is 1. The van der Waals surface area contributed by atoms with Crippen molar-refractivity contribution in [3.8, 4) is 0 Å². The molecule has 0 saturated heterocycles. The largest absolute Gasteiger partial charge is 0.444 e. The molecule has 29 heavy (non-hydrogen) atoms. The maximum atomic E-state index is 12.1. The van der Waals surface area contributed by atoms with E-state index in [-0.39, 0.29) is 11.6 Å². The van der Waals surface area contributed by atoms with Crippen molar-refractivity contribution in [2.24, 2.45) is 0 Å². The number of aromatic amines is 2. The molecular formula is C20H24N6O3. The maximum Gasteiger partial charge on any atom is 0.412 e. The van der Waals surface area contributed by atoms with Gasteiger partial charge >= 0.3 is 6.09 Å². The number of H-pyrrole nitrogens is 2. The van der Waals surface area contributed by atoms with Crippen LogP contribution < -0.4 is 16.2 Å². The van der Waals surface area contributed by atoms with Gasteiger partial charge in [0.2, 0.25) is 5.95 Å². The van der Waals surface area contributed by atoms with E-state index in [2.05, 4.69) is 30.8 Å². The van der Waals surface area contributed by atoms with Crippen molar-refractivity contribution in [3.05, 3.63) is 45.9 Å². The summed E-state index contributed by atoms with van der Waals surface area (Å²) in [7, 11) is 0. The van der Waals surface area contributed by atoms with E-state index >= 15 is 0 Å². The predicted molar refractivity (Wildman–Crippen MR) is 110 cm³/mol. The number of nitrogens with zero attached hydrogens (tertiary/aromatic N) is 2. The zero-order valence-corrected chi connectivity index (χ0v) is 16.6. The van der Waals surface area contributed by atoms with Crippen molar-refractivity contribution in [2.45, 2.75) is 51.7 Å². The summed E-state index contributed by atoms with van der Waals surface area (Å²) in [6.45, 7) is 5.48. The molecule has 0 bridgehead atoms. The van der Waals surface area contributed by atoms with Crippen LogP contribution in [0.3, 0.4) is 0 Å². The lowest BCUT2D eigenvalue weighted by Crippen LogP contribution is -2.27. The lowest BCUT2D eigenvalue weighted by molar-refractivity contribution is 0.0636. The number of benzene rings is 1. The van der Waals surface area contributed by atoms with E-state index in [0.717, 1.165) is 30.4 Å². The topological polar surface area (TPSA) is 125 Å². The molecule has 2 heterocycles. The Bertz CT molecular complexity index is 1110. The van der Waals surface area contributed by atoms with E-state index in [9.17, 15) is 9.59 Å². The molecule has 0 fully saturated rings. The molecule has 3 aromatic rings. The monoisotopic (exact) mass is 396 g/mol. The number of ether oxygens (including phenoxy) is 1. The van der Waals surface area contributed by atoms with Gasteiger partial charge in [-0.25, -0.2) is 4.79 Å². The number of fused-ring (bicyclic) bond motifs is 2. The minimum Gasteiger partial charge on any atom is -0.444 e. The van der Waals surface area contributed by atoms with Gasteiger partial charge in [0.15, 0.2) is 5.65 Å². The highest BCUT2D eigenvalue weighted by Gasteiger charge is 2.22. The quantitative estimate of drug-likeness (QED) is 0.537. The van der Waals surface area contributed by atoms with Gasteiger partial charge in [0.25, 0.3) is 5.56 Å². The third kappa shape index (κ3) is 4.23. The van der Waals surface area contributed by atoms with Gasteiger partial charge in [-0.05, 0) is 63.3 Å². The molecule has 1 unspecified atom stereocenters. The van der Waals surface area contributed by atoms with Crippen LogP contribution in [0.25, 0.3) is 11.0 Å². The standard InChI is InChI=1S/C20H24N6O3/c1-20(2,3)29-19(28)22-12-7-8-13-11(9-12)5-4-6-15(13)23-18-24-16-14(10-21-26-16)17(27)25-18/h7-10,15H,4-6H2,1-3H3,(H,22,28)(H3,21,23,24,25,26,27). The Morgan fingerprint density at radius 2 is 2.14 bits per heavy atom. The number of aryl methyl sites for hydroxylation is 1. The average Bonchev–Trinajstić information content (AvgIpc) is 3.09. The number of amides is 1. The second kappa shape index (κ2) is 7.23. The van der Waals surface area contributed by atoms with Crippen LogP contribution in [-0.2, 0) is 11.2 Å². The summed E-state index contributed by atoms with van der Waals surface area (Å²) in [5, 5.41) is 13.1. The smallest absolute Gasteiger partial charge is 0.412 e. The summed E-state index contributed by atoms with van der Waals surface area (Å²) in [4.78, 5) is 31.3. The van der Waals surface area contributed by atoms with E-state index in [1.54, 1.807) is 0 Å². The Labute approximate surface area is 167 Å². The summed E-state index contributed by atoms with van der Waals surface area (Å²) in [5.74, 6) is 0.403. The number of nitrogens with one attached hydrogen (secondary N) is 4. The zero-order chi connectivity index (χ0) is 20.6. The fraction of sp³-hybridized carbons (Fsp3) is 0.400. The van der Waals surface area contributed by atoms with E-state index in [1.165, 1.54) is 6.20 Å². The highest BCUT2D eigenvalue weighted by molar-refractivity contribution is 5.85. The molecule has 152 valence electrons. The van der Waals surface area contributed by atoms with Crippen LogP contribution in [0.2, 0.25) is 0 Å². The van der Waals surface area contributed by atoms with Crippen molar-refractivity contribution in [3.63, 3.8) is 0 Å². The molecule has 4 N–H and O–H groups in total. The van der Waals surface area contributed by atoms with Crippen LogP contribution >= 0.6 is 0 Å². The Balaban J connectivity index is 1.53. The highest BCUT2D eigenvalue weighted by Crippen LogP contribution is 2.33. The Kier molecular flexibility index (Phi) is 4.73. The molecule has 1 amide bonds. The van der Waals surface area contributed by atoms with Gasteiger partial charge in [-0.1, -0.05) is 6.07 Å². The third-order valence-corrected chi connectivity index (χ3v) is 4.73. The molecule has 0 aliphatic heterocycles. The summed E-state index contributed by atoms with van der Waals surface area (Å²) in [6, 6.07) is 5.84. The van der Waals surface area contributed by atoms with E-state index in [1.807, 2.05) is 39.0 Å². The SMILES string of the molecule is CC(C)(C)OC(=O)Nc1ccc2c(c1)CCCC2Nc1nc2[nH]ncc2c(=O)[nH]1. The molecule has 1 aliphatic rings. The first-order valence-electron chi connectivity index (χ1n) is 9.61. The number of rotatable bonds is 3. The van der Waals surface area contributed by atoms with Gasteiger partial charge in [-0.15, -0.1) is 0 Å². The van der Waals surface area contributed by atoms with E-state index in [4.69, 9.17) is 4.74 Å².